The summed E-state index contributed by atoms with van der Waals surface area (Å²) in [7, 11) is 0. The molecule has 2 aromatic carbocycles. The molecule has 0 aliphatic carbocycles. The molecule has 2 heteroatoms. The topological polar surface area (TPSA) is 0 Å². The minimum Gasteiger partial charge on any atom is -0.117 e. The van der Waals surface area contributed by atoms with Gasteiger partial charge < -0.3 is 0 Å². The Bertz CT molecular complexity index is 532. The summed E-state index contributed by atoms with van der Waals surface area (Å²) < 4.78 is 0. The third-order valence-electron chi connectivity index (χ3n) is 3.21. The van der Waals surface area contributed by atoms with Crippen molar-refractivity contribution in [3.05, 3.63) is 69.7 Å². The first-order valence-corrected chi connectivity index (χ1v) is 6.84. The largest absolute Gasteiger partial charge is 0.117 e. The molecule has 0 nitrogen and oxygen atoms in total. The van der Waals surface area contributed by atoms with Crippen LogP contribution in [-0.2, 0) is 6.42 Å². The van der Waals surface area contributed by atoms with Crippen LogP contribution in [0.15, 0.2) is 42.5 Å². The van der Waals surface area contributed by atoms with Crippen LogP contribution in [0.4, 0.5) is 0 Å². The van der Waals surface area contributed by atoms with E-state index in [-0.39, 0.29) is 5.38 Å². The third-order valence-corrected chi connectivity index (χ3v) is 3.92. The molecule has 0 spiro atoms. The Labute approximate surface area is 119 Å². The lowest BCUT2D eigenvalue weighted by atomic mass is 10.00. The zero-order chi connectivity index (χ0) is 13.1. The average molecular weight is 279 g/mol. The number of halogens is 2. The van der Waals surface area contributed by atoms with Gasteiger partial charge in [-0.15, -0.1) is 11.6 Å². The van der Waals surface area contributed by atoms with E-state index in [2.05, 4.69) is 32.0 Å². The highest BCUT2D eigenvalue weighted by molar-refractivity contribution is 6.32. The van der Waals surface area contributed by atoms with Crippen LogP contribution in [0.2, 0.25) is 5.02 Å². The Morgan fingerprint density at radius 1 is 1.00 bits per heavy atom. The highest BCUT2D eigenvalue weighted by atomic mass is 35.5. The summed E-state index contributed by atoms with van der Waals surface area (Å²) >= 11 is 12.8. The molecular weight excluding hydrogens is 263 g/mol. The minimum absolute atomic E-state index is 0.0841. The maximum atomic E-state index is 6.49. The van der Waals surface area contributed by atoms with E-state index < -0.39 is 0 Å². The predicted octanol–water partition coefficient (Wildman–Crippen LogP) is 5.48. The van der Waals surface area contributed by atoms with Gasteiger partial charge in [-0.05, 0) is 48.6 Å². The standard InChI is InChI=1S/C16H16Cl2/c1-11-8-14(15(17)9-12(11)2)16(18)10-13-6-4-3-5-7-13/h3-9,16H,10H2,1-2H3. The van der Waals surface area contributed by atoms with E-state index in [1.54, 1.807) is 0 Å². The second-order valence-corrected chi connectivity index (χ2v) is 5.55. The van der Waals surface area contributed by atoms with Crippen LogP contribution in [0.3, 0.4) is 0 Å². The van der Waals surface area contributed by atoms with E-state index in [1.165, 1.54) is 16.7 Å². The summed E-state index contributed by atoms with van der Waals surface area (Å²) in [4.78, 5) is 0. The molecule has 1 atom stereocenters. The molecule has 0 saturated heterocycles. The van der Waals surface area contributed by atoms with Gasteiger partial charge in [-0.25, -0.2) is 0 Å². The smallest absolute Gasteiger partial charge is 0.0640 e. The van der Waals surface area contributed by atoms with Crippen LogP contribution in [0, 0.1) is 13.8 Å². The van der Waals surface area contributed by atoms with Crippen molar-refractivity contribution in [3.63, 3.8) is 0 Å². The highest BCUT2D eigenvalue weighted by Gasteiger charge is 2.13. The molecule has 0 N–H and O–H groups in total. The summed E-state index contributed by atoms with van der Waals surface area (Å²) in [6, 6.07) is 14.3. The van der Waals surface area contributed by atoms with Crippen molar-refractivity contribution < 1.29 is 0 Å². The zero-order valence-corrected chi connectivity index (χ0v) is 12.1. The molecule has 0 amide bonds. The molecule has 18 heavy (non-hydrogen) atoms. The first kappa shape index (κ1) is 13.5. The molecule has 0 fully saturated rings. The van der Waals surface area contributed by atoms with Gasteiger partial charge in [0.1, 0.15) is 0 Å². The quantitative estimate of drug-likeness (QED) is 0.653. The fourth-order valence-corrected chi connectivity index (χ4v) is 2.74. The van der Waals surface area contributed by atoms with Crippen molar-refractivity contribution in [2.75, 3.05) is 0 Å². The Morgan fingerprint density at radius 3 is 2.28 bits per heavy atom. The van der Waals surface area contributed by atoms with Crippen molar-refractivity contribution in [1.29, 1.82) is 0 Å². The van der Waals surface area contributed by atoms with E-state index in [4.69, 9.17) is 23.2 Å². The molecule has 0 heterocycles. The van der Waals surface area contributed by atoms with Crippen molar-refractivity contribution >= 4 is 23.2 Å². The Balaban J connectivity index is 2.24. The molecule has 2 rings (SSSR count). The minimum atomic E-state index is -0.0841. The van der Waals surface area contributed by atoms with Gasteiger partial charge in [0.05, 0.1) is 5.38 Å². The summed E-state index contributed by atoms with van der Waals surface area (Å²) in [5.41, 5.74) is 4.68. The molecule has 0 aliphatic heterocycles. The monoisotopic (exact) mass is 278 g/mol. The molecule has 0 bridgehead atoms. The number of rotatable bonds is 3. The van der Waals surface area contributed by atoms with Crippen LogP contribution in [-0.4, -0.2) is 0 Å². The molecule has 0 aliphatic rings. The van der Waals surface area contributed by atoms with Gasteiger partial charge in [0.25, 0.3) is 0 Å². The molecule has 0 saturated carbocycles. The zero-order valence-electron chi connectivity index (χ0n) is 10.6. The van der Waals surface area contributed by atoms with Crippen molar-refractivity contribution in [2.24, 2.45) is 0 Å². The first-order valence-electron chi connectivity index (χ1n) is 6.02. The van der Waals surface area contributed by atoms with Gasteiger partial charge in [0.15, 0.2) is 0 Å². The lowest BCUT2D eigenvalue weighted by Crippen LogP contribution is -1.98. The van der Waals surface area contributed by atoms with Gasteiger partial charge in [-0.3, -0.25) is 0 Å². The van der Waals surface area contributed by atoms with Gasteiger partial charge >= 0.3 is 0 Å². The van der Waals surface area contributed by atoms with Gasteiger partial charge in [0, 0.05) is 5.02 Å². The Morgan fingerprint density at radius 2 is 1.61 bits per heavy atom. The number of alkyl halides is 1. The lowest BCUT2D eigenvalue weighted by Gasteiger charge is -2.14. The number of benzene rings is 2. The predicted molar refractivity (Wildman–Crippen MR) is 79.7 cm³/mol. The summed E-state index contributed by atoms with van der Waals surface area (Å²) in [6.45, 7) is 4.15. The molecule has 1 unspecified atom stereocenters. The Kier molecular flexibility index (Phi) is 4.31. The fourth-order valence-electron chi connectivity index (χ4n) is 1.97. The number of hydrogen-bond acceptors (Lipinski definition) is 0. The maximum absolute atomic E-state index is 6.49. The molecule has 0 radical (unpaired) electrons. The molecular formula is C16H16Cl2. The van der Waals surface area contributed by atoms with E-state index in [0.717, 1.165) is 17.0 Å². The highest BCUT2D eigenvalue weighted by Crippen LogP contribution is 2.32. The van der Waals surface area contributed by atoms with Gasteiger partial charge in [-0.2, -0.15) is 0 Å². The first-order chi connectivity index (χ1) is 8.58. The third kappa shape index (κ3) is 3.07. The SMILES string of the molecule is Cc1cc(Cl)c(C(Cl)Cc2ccccc2)cc1C. The second-order valence-electron chi connectivity index (χ2n) is 4.62. The summed E-state index contributed by atoms with van der Waals surface area (Å²) in [5, 5.41) is 0.674. The molecule has 0 aromatic heterocycles. The van der Waals surface area contributed by atoms with Crippen LogP contribution >= 0.6 is 23.2 Å². The molecule has 94 valence electrons. The van der Waals surface area contributed by atoms with E-state index in [9.17, 15) is 0 Å². The average Bonchev–Trinajstić information content (AvgIpc) is 2.35. The second kappa shape index (κ2) is 5.77. The van der Waals surface area contributed by atoms with Crippen molar-refractivity contribution in [2.45, 2.75) is 25.6 Å². The van der Waals surface area contributed by atoms with Crippen LogP contribution < -0.4 is 0 Å². The van der Waals surface area contributed by atoms with E-state index >= 15 is 0 Å². The van der Waals surface area contributed by atoms with Crippen molar-refractivity contribution in [3.8, 4) is 0 Å². The summed E-state index contributed by atoms with van der Waals surface area (Å²) in [6.07, 6.45) is 0.796. The maximum Gasteiger partial charge on any atom is 0.0640 e. The van der Waals surface area contributed by atoms with Crippen molar-refractivity contribution in [1.82, 2.24) is 0 Å². The lowest BCUT2D eigenvalue weighted by molar-refractivity contribution is 0.917. The normalized spacial score (nSPS) is 12.4. The van der Waals surface area contributed by atoms with Crippen LogP contribution in [0.5, 0.6) is 0 Å². The van der Waals surface area contributed by atoms with E-state index in [1.807, 2.05) is 24.3 Å². The fraction of sp³-hybridized carbons (Fsp3) is 0.250. The Hall–Kier alpha value is -0.980. The van der Waals surface area contributed by atoms with Crippen LogP contribution in [0.25, 0.3) is 0 Å². The summed E-state index contributed by atoms with van der Waals surface area (Å²) in [5.74, 6) is 0. The molecule has 2 aromatic rings. The number of hydrogen-bond donors (Lipinski definition) is 0. The number of aryl methyl sites for hydroxylation is 2. The van der Waals surface area contributed by atoms with E-state index in [0.29, 0.717) is 0 Å². The van der Waals surface area contributed by atoms with Gasteiger partial charge in [-0.1, -0.05) is 48.0 Å². The van der Waals surface area contributed by atoms with Gasteiger partial charge in [0.2, 0.25) is 0 Å². The van der Waals surface area contributed by atoms with Crippen LogP contribution in [0.1, 0.15) is 27.6 Å².